The molecule has 1 atom stereocenters. The zero-order valence-corrected chi connectivity index (χ0v) is 18.3. The van der Waals surface area contributed by atoms with Gasteiger partial charge in [0.15, 0.2) is 18.1 Å². The molecule has 7 nitrogen and oxygen atoms in total. The summed E-state index contributed by atoms with van der Waals surface area (Å²) in [6.07, 6.45) is 0. The standard InChI is InChI=1S/C25H27N3O4/c1-16-11-17(2)13-20(12-16)28-25(30)24(18-7-5-4-6-8-18)27-19-9-10-21(31-3)22(14-19)32-15-23(26)29/h4-14,24,27H,15H2,1-3H3,(H2,26,29)(H,28,30). The average molecular weight is 434 g/mol. The fourth-order valence-corrected chi connectivity index (χ4v) is 3.40. The van der Waals surface area contributed by atoms with Crippen molar-refractivity contribution in [2.75, 3.05) is 24.4 Å². The molecule has 0 aliphatic carbocycles. The number of hydrogen-bond acceptors (Lipinski definition) is 5. The van der Waals surface area contributed by atoms with Crippen LogP contribution in [0.4, 0.5) is 11.4 Å². The quantitative estimate of drug-likeness (QED) is 0.474. The van der Waals surface area contributed by atoms with Gasteiger partial charge in [-0.3, -0.25) is 9.59 Å². The van der Waals surface area contributed by atoms with E-state index in [-0.39, 0.29) is 12.5 Å². The Labute approximate surface area is 187 Å². The Balaban J connectivity index is 1.89. The number of ether oxygens (including phenoxy) is 2. The molecular formula is C25H27N3O4. The number of methoxy groups -OCH3 is 1. The Morgan fingerprint density at radius 2 is 1.59 bits per heavy atom. The predicted octanol–water partition coefficient (Wildman–Crippen LogP) is 3.97. The zero-order chi connectivity index (χ0) is 23.1. The molecule has 3 aromatic carbocycles. The summed E-state index contributed by atoms with van der Waals surface area (Å²) in [7, 11) is 1.50. The normalized spacial score (nSPS) is 11.3. The highest BCUT2D eigenvalue weighted by molar-refractivity contribution is 5.97. The number of anilines is 2. The molecular weight excluding hydrogens is 406 g/mol. The van der Waals surface area contributed by atoms with Crippen molar-refractivity contribution in [1.82, 2.24) is 0 Å². The van der Waals surface area contributed by atoms with E-state index in [1.165, 1.54) is 7.11 Å². The van der Waals surface area contributed by atoms with Crippen LogP contribution in [-0.4, -0.2) is 25.5 Å². The van der Waals surface area contributed by atoms with Gasteiger partial charge in [-0.05, 0) is 54.8 Å². The topological polar surface area (TPSA) is 103 Å². The van der Waals surface area contributed by atoms with Gasteiger partial charge in [0.1, 0.15) is 6.04 Å². The summed E-state index contributed by atoms with van der Waals surface area (Å²) >= 11 is 0. The zero-order valence-electron chi connectivity index (χ0n) is 18.3. The van der Waals surface area contributed by atoms with E-state index in [1.54, 1.807) is 18.2 Å². The van der Waals surface area contributed by atoms with Gasteiger partial charge in [-0.25, -0.2) is 0 Å². The summed E-state index contributed by atoms with van der Waals surface area (Å²) in [5.41, 5.74) is 9.47. The molecule has 3 aromatic rings. The number of aryl methyl sites for hydroxylation is 2. The first-order chi connectivity index (χ1) is 15.4. The van der Waals surface area contributed by atoms with Gasteiger partial charge in [-0.2, -0.15) is 0 Å². The van der Waals surface area contributed by atoms with Crippen LogP contribution in [0.15, 0.2) is 66.7 Å². The van der Waals surface area contributed by atoms with Gasteiger partial charge in [0, 0.05) is 17.4 Å². The fraction of sp³-hybridized carbons (Fsp3) is 0.200. The highest BCUT2D eigenvalue weighted by atomic mass is 16.5. The second kappa shape index (κ2) is 10.3. The van der Waals surface area contributed by atoms with Crippen LogP contribution in [0.1, 0.15) is 22.7 Å². The molecule has 2 amide bonds. The lowest BCUT2D eigenvalue weighted by atomic mass is 10.0. The number of nitrogens with one attached hydrogen (secondary N) is 2. The molecule has 0 aliphatic heterocycles. The smallest absolute Gasteiger partial charge is 0.255 e. The number of amides is 2. The Morgan fingerprint density at radius 1 is 0.906 bits per heavy atom. The van der Waals surface area contributed by atoms with Crippen molar-refractivity contribution in [2.24, 2.45) is 5.73 Å². The van der Waals surface area contributed by atoms with E-state index < -0.39 is 11.9 Å². The van der Waals surface area contributed by atoms with Gasteiger partial charge in [0.05, 0.1) is 7.11 Å². The van der Waals surface area contributed by atoms with Crippen LogP contribution in [0.25, 0.3) is 0 Å². The van der Waals surface area contributed by atoms with Crippen LogP contribution >= 0.6 is 0 Å². The summed E-state index contributed by atoms with van der Waals surface area (Å²) in [5.74, 6) is -0.0115. The van der Waals surface area contributed by atoms with Crippen molar-refractivity contribution >= 4 is 23.2 Å². The molecule has 0 saturated carbocycles. The first-order valence-corrected chi connectivity index (χ1v) is 10.2. The van der Waals surface area contributed by atoms with Crippen molar-refractivity contribution in [3.8, 4) is 11.5 Å². The Morgan fingerprint density at radius 3 is 2.22 bits per heavy atom. The molecule has 0 radical (unpaired) electrons. The van der Waals surface area contributed by atoms with Crippen molar-refractivity contribution in [3.05, 3.63) is 83.4 Å². The SMILES string of the molecule is COc1ccc(NC(C(=O)Nc2cc(C)cc(C)c2)c2ccccc2)cc1OCC(N)=O. The number of nitrogens with two attached hydrogens (primary N) is 1. The van der Waals surface area contributed by atoms with Crippen molar-refractivity contribution < 1.29 is 19.1 Å². The largest absolute Gasteiger partial charge is 0.493 e. The van der Waals surface area contributed by atoms with Crippen LogP contribution < -0.4 is 25.8 Å². The molecule has 0 aromatic heterocycles. The predicted molar refractivity (Wildman–Crippen MR) is 125 cm³/mol. The van der Waals surface area contributed by atoms with Gasteiger partial charge in [-0.1, -0.05) is 36.4 Å². The summed E-state index contributed by atoms with van der Waals surface area (Å²) in [5, 5.41) is 6.26. The number of primary amides is 1. The second-order valence-corrected chi connectivity index (χ2v) is 7.47. The van der Waals surface area contributed by atoms with Crippen molar-refractivity contribution in [1.29, 1.82) is 0 Å². The second-order valence-electron chi connectivity index (χ2n) is 7.47. The molecule has 0 spiro atoms. The van der Waals surface area contributed by atoms with E-state index in [0.29, 0.717) is 17.2 Å². The number of carbonyl (C=O) groups is 2. The molecule has 0 aliphatic rings. The third kappa shape index (κ3) is 6.01. The maximum absolute atomic E-state index is 13.3. The molecule has 32 heavy (non-hydrogen) atoms. The number of benzene rings is 3. The molecule has 7 heteroatoms. The summed E-state index contributed by atoms with van der Waals surface area (Å²) < 4.78 is 10.7. The van der Waals surface area contributed by atoms with E-state index in [9.17, 15) is 9.59 Å². The molecule has 0 bridgehead atoms. The maximum Gasteiger partial charge on any atom is 0.255 e. The lowest BCUT2D eigenvalue weighted by Crippen LogP contribution is -2.27. The number of rotatable bonds is 9. The lowest BCUT2D eigenvalue weighted by molar-refractivity contribution is -0.120. The molecule has 0 fully saturated rings. The summed E-state index contributed by atoms with van der Waals surface area (Å²) in [4.78, 5) is 24.4. The number of hydrogen-bond donors (Lipinski definition) is 3. The molecule has 1 unspecified atom stereocenters. The van der Waals surface area contributed by atoms with Crippen LogP contribution in [0.5, 0.6) is 11.5 Å². The molecule has 0 heterocycles. The minimum absolute atomic E-state index is 0.211. The Hall–Kier alpha value is -4.00. The highest BCUT2D eigenvalue weighted by Gasteiger charge is 2.21. The summed E-state index contributed by atoms with van der Waals surface area (Å²) in [6, 6.07) is 19.8. The maximum atomic E-state index is 13.3. The van der Waals surface area contributed by atoms with Crippen LogP contribution in [0.2, 0.25) is 0 Å². The van der Waals surface area contributed by atoms with Crippen LogP contribution in [0, 0.1) is 13.8 Å². The van der Waals surface area contributed by atoms with Crippen molar-refractivity contribution in [2.45, 2.75) is 19.9 Å². The van der Waals surface area contributed by atoms with Crippen molar-refractivity contribution in [3.63, 3.8) is 0 Å². The highest BCUT2D eigenvalue weighted by Crippen LogP contribution is 2.32. The molecule has 4 N–H and O–H groups in total. The Kier molecular flexibility index (Phi) is 7.33. The Bertz CT molecular complexity index is 1080. The van der Waals surface area contributed by atoms with E-state index in [0.717, 1.165) is 22.4 Å². The lowest BCUT2D eigenvalue weighted by Gasteiger charge is -2.21. The minimum Gasteiger partial charge on any atom is -0.493 e. The van der Waals surface area contributed by atoms with Gasteiger partial charge in [0.2, 0.25) is 0 Å². The van der Waals surface area contributed by atoms with Gasteiger partial charge >= 0.3 is 0 Å². The van der Waals surface area contributed by atoms with Gasteiger partial charge in [-0.15, -0.1) is 0 Å². The van der Waals surface area contributed by atoms with E-state index in [4.69, 9.17) is 15.2 Å². The van der Waals surface area contributed by atoms with Gasteiger partial charge < -0.3 is 25.8 Å². The minimum atomic E-state index is -0.672. The monoisotopic (exact) mass is 433 g/mol. The van der Waals surface area contributed by atoms with E-state index >= 15 is 0 Å². The summed E-state index contributed by atoms with van der Waals surface area (Å²) in [6.45, 7) is 3.69. The average Bonchev–Trinajstić information content (AvgIpc) is 2.76. The molecule has 0 saturated heterocycles. The molecule has 166 valence electrons. The van der Waals surface area contributed by atoms with Crippen LogP contribution in [-0.2, 0) is 9.59 Å². The fourth-order valence-electron chi connectivity index (χ4n) is 3.40. The first kappa shape index (κ1) is 22.7. The van der Waals surface area contributed by atoms with Gasteiger partial charge in [0.25, 0.3) is 11.8 Å². The van der Waals surface area contributed by atoms with Crippen LogP contribution in [0.3, 0.4) is 0 Å². The van der Waals surface area contributed by atoms with E-state index in [2.05, 4.69) is 10.6 Å². The number of carbonyl (C=O) groups excluding carboxylic acids is 2. The third-order valence-electron chi connectivity index (χ3n) is 4.73. The molecule has 3 rings (SSSR count). The van der Waals surface area contributed by atoms with E-state index in [1.807, 2.05) is 62.4 Å². The first-order valence-electron chi connectivity index (χ1n) is 10.2. The third-order valence-corrected chi connectivity index (χ3v) is 4.73.